The van der Waals surface area contributed by atoms with E-state index in [9.17, 15) is 0 Å². The van der Waals surface area contributed by atoms with Gasteiger partial charge in [-0.25, -0.2) is 0 Å². The van der Waals surface area contributed by atoms with Gasteiger partial charge in [0.25, 0.3) is 11.9 Å². The van der Waals surface area contributed by atoms with Gasteiger partial charge in [-0.1, -0.05) is 17.7 Å². The minimum absolute atomic E-state index is 0.0811. The molecule has 0 saturated carbocycles. The van der Waals surface area contributed by atoms with Crippen LogP contribution in [-0.2, 0) is 0 Å². The van der Waals surface area contributed by atoms with E-state index in [-0.39, 0.29) is 6.01 Å². The van der Waals surface area contributed by atoms with Crippen LogP contribution < -0.4 is 5.73 Å². The first kappa shape index (κ1) is 10.6. The van der Waals surface area contributed by atoms with Gasteiger partial charge in [-0.3, -0.25) is 0 Å². The van der Waals surface area contributed by atoms with E-state index in [4.69, 9.17) is 21.8 Å². The first-order chi connectivity index (χ1) is 7.65. The Balaban J connectivity index is 2.24. The molecule has 0 aliphatic carbocycles. The fourth-order valence-electron chi connectivity index (χ4n) is 1.14. The number of hydrogen-bond donors (Lipinski definition) is 1. The van der Waals surface area contributed by atoms with Crippen molar-refractivity contribution in [3.8, 4) is 0 Å². The molecule has 0 amide bonds. The van der Waals surface area contributed by atoms with Crippen LogP contribution in [0.4, 0.5) is 17.6 Å². The lowest BCUT2D eigenvalue weighted by atomic mass is 10.3. The minimum atomic E-state index is 0.0811. The lowest BCUT2D eigenvalue weighted by molar-refractivity contribution is 0.584. The number of anilines is 1. The second-order valence-corrected chi connectivity index (χ2v) is 3.56. The number of halogens is 1. The maximum absolute atomic E-state index is 5.80. The van der Waals surface area contributed by atoms with Crippen LogP contribution in [0.25, 0.3) is 0 Å². The SMILES string of the molecule is Cc1nc(N)oc1N=Nc1cccc(Cl)c1. The molecule has 2 aromatic rings. The number of oxazole rings is 1. The molecule has 1 heterocycles. The highest BCUT2D eigenvalue weighted by molar-refractivity contribution is 6.30. The Bertz CT molecular complexity index is 535. The van der Waals surface area contributed by atoms with Crippen LogP contribution in [-0.4, -0.2) is 4.98 Å². The molecule has 2 rings (SSSR count). The maximum Gasteiger partial charge on any atom is 0.294 e. The summed E-state index contributed by atoms with van der Waals surface area (Å²) in [6.45, 7) is 1.74. The van der Waals surface area contributed by atoms with Crippen molar-refractivity contribution in [1.29, 1.82) is 0 Å². The fraction of sp³-hybridized carbons (Fsp3) is 0.100. The Morgan fingerprint density at radius 1 is 1.38 bits per heavy atom. The van der Waals surface area contributed by atoms with Crippen molar-refractivity contribution in [2.45, 2.75) is 6.92 Å². The van der Waals surface area contributed by atoms with Gasteiger partial charge in [0.1, 0.15) is 5.69 Å². The van der Waals surface area contributed by atoms with Crippen LogP contribution in [0.2, 0.25) is 5.02 Å². The third-order valence-corrected chi connectivity index (χ3v) is 2.09. The summed E-state index contributed by atoms with van der Waals surface area (Å²) >= 11 is 5.80. The number of azo groups is 1. The highest BCUT2D eigenvalue weighted by Crippen LogP contribution is 2.24. The summed E-state index contributed by atoms with van der Waals surface area (Å²) < 4.78 is 5.04. The summed E-state index contributed by atoms with van der Waals surface area (Å²) in [5.74, 6) is 0.303. The van der Waals surface area contributed by atoms with E-state index in [1.807, 2.05) is 0 Å². The van der Waals surface area contributed by atoms with Crippen molar-refractivity contribution >= 4 is 29.2 Å². The van der Waals surface area contributed by atoms with Crippen molar-refractivity contribution in [3.05, 3.63) is 35.0 Å². The Hall–Kier alpha value is -1.88. The van der Waals surface area contributed by atoms with Crippen LogP contribution in [0.5, 0.6) is 0 Å². The second-order valence-electron chi connectivity index (χ2n) is 3.12. The van der Waals surface area contributed by atoms with E-state index >= 15 is 0 Å². The lowest BCUT2D eigenvalue weighted by Crippen LogP contribution is -1.81. The number of nitrogens with zero attached hydrogens (tertiary/aromatic N) is 3. The standard InChI is InChI=1S/C10H9ClN4O/c1-6-9(16-10(12)13-6)15-14-8-4-2-3-7(11)5-8/h2-5H,1H3,(H2,12,13). The summed E-state index contributed by atoms with van der Waals surface area (Å²) in [5.41, 5.74) is 6.61. The molecule has 0 radical (unpaired) electrons. The van der Waals surface area contributed by atoms with Gasteiger partial charge in [-0.15, -0.1) is 10.2 Å². The smallest absolute Gasteiger partial charge is 0.294 e. The topological polar surface area (TPSA) is 76.8 Å². The number of nitrogen functional groups attached to an aromatic ring is 1. The Kier molecular flexibility index (Phi) is 2.87. The number of rotatable bonds is 2. The Labute approximate surface area is 97.0 Å². The van der Waals surface area contributed by atoms with Gasteiger partial charge in [0.2, 0.25) is 0 Å². The van der Waals surface area contributed by atoms with E-state index in [2.05, 4.69) is 15.2 Å². The van der Waals surface area contributed by atoms with Crippen molar-refractivity contribution in [2.24, 2.45) is 10.2 Å². The zero-order chi connectivity index (χ0) is 11.5. The molecule has 0 atom stereocenters. The van der Waals surface area contributed by atoms with Gasteiger partial charge in [-0.05, 0) is 25.1 Å². The van der Waals surface area contributed by atoms with E-state index in [0.29, 0.717) is 22.3 Å². The van der Waals surface area contributed by atoms with Gasteiger partial charge in [0.05, 0.1) is 5.69 Å². The zero-order valence-corrected chi connectivity index (χ0v) is 9.27. The van der Waals surface area contributed by atoms with Crippen molar-refractivity contribution in [3.63, 3.8) is 0 Å². The average Bonchev–Trinajstić information content (AvgIpc) is 2.54. The van der Waals surface area contributed by atoms with Crippen LogP contribution in [0.3, 0.4) is 0 Å². The van der Waals surface area contributed by atoms with Crippen LogP contribution in [0.15, 0.2) is 38.9 Å². The summed E-state index contributed by atoms with van der Waals surface area (Å²) in [6, 6.07) is 7.11. The molecule has 2 N–H and O–H groups in total. The first-order valence-corrected chi connectivity index (χ1v) is 4.93. The number of aryl methyl sites for hydroxylation is 1. The molecule has 0 fully saturated rings. The molecule has 0 aliphatic rings. The summed E-state index contributed by atoms with van der Waals surface area (Å²) in [4.78, 5) is 3.87. The van der Waals surface area contributed by atoms with E-state index < -0.39 is 0 Å². The number of hydrogen-bond acceptors (Lipinski definition) is 5. The largest absolute Gasteiger partial charge is 0.403 e. The molecule has 6 heteroatoms. The normalized spacial score (nSPS) is 11.1. The summed E-state index contributed by atoms with van der Waals surface area (Å²) in [5, 5.41) is 8.46. The van der Waals surface area contributed by atoms with Crippen LogP contribution in [0, 0.1) is 6.92 Å². The molecule has 0 aliphatic heterocycles. The minimum Gasteiger partial charge on any atom is -0.403 e. The van der Waals surface area contributed by atoms with Crippen molar-refractivity contribution in [2.75, 3.05) is 5.73 Å². The lowest BCUT2D eigenvalue weighted by Gasteiger charge is -1.91. The Morgan fingerprint density at radius 3 is 2.81 bits per heavy atom. The Morgan fingerprint density at radius 2 is 2.19 bits per heavy atom. The molecular weight excluding hydrogens is 228 g/mol. The number of benzene rings is 1. The molecule has 16 heavy (non-hydrogen) atoms. The summed E-state index contributed by atoms with van der Waals surface area (Å²) in [7, 11) is 0. The number of aromatic nitrogens is 1. The average molecular weight is 237 g/mol. The highest BCUT2D eigenvalue weighted by Gasteiger charge is 2.05. The fourth-order valence-corrected chi connectivity index (χ4v) is 1.33. The number of nitrogens with two attached hydrogens (primary N) is 1. The molecule has 0 spiro atoms. The third-order valence-electron chi connectivity index (χ3n) is 1.85. The second kappa shape index (κ2) is 4.32. The molecule has 82 valence electrons. The molecule has 0 unspecified atom stereocenters. The van der Waals surface area contributed by atoms with Gasteiger partial charge in [0.15, 0.2) is 0 Å². The molecule has 0 bridgehead atoms. The third kappa shape index (κ3) is 2.38. The van der Waals surface area contributed by atoms with Crippen LogP contribution >= 0.6 is 11.6 Å². The van der Waals surface area contributed by atoms with Crippen molar-refractivity contribution in [1.82, 2.24) is 4.98 Å². The predicted molar refractivity (Wildman–Crippen MR) is 61.3 cm³/mol. The van der Waals surface area contributed by atoms with Gasteiger partial charge >= 0.3 is 0 Å². The predicted octanol–water partition coefficient (Wildman–Crippen LogP) is 3.63. The first-order valence-electron chi connectivity index (χ1n) is 4.55. The van der Waals surface area contributed by atoms with E-state index in [1.165, 1.54) is 0 Å². The monoisotopic (exact) mass is 236 g/mol. The molecule has 1 aromatic heterocycles. The quantitative estimate of drug-likeness (QED) is 0.809. The van der Waals surface area contributed by atoms with Gasteiger partial charge < -0.3 is 10.2 Å². The van der Waals surface area contributed by atoms with Crippen molar-refractivity contribution < 1.29 is 4.42 Å². The molecular formula is C10H9ClN4O. The molecule has 0 saturated heterocycles. The van der Waals surface area contributed by atoms with Gasteiger partial charge in [0, 0.05) is 5.02 Å². The van der Waals surface area contributed by atoms with Gasteiger partial charge in [-0.2, -0.15) is 4.98 Å². The zero-order valence-electron chi connectivity index (χ0n) is 8.51. The van der Waals surface area contributed by atoms with Crippen LogP contribution in [0.1, 0.15) is 5.69 Å². The van der Waals surface area contributed by atoms with E-state index in [0.717, 1.165) is 0 Å². The maximum atomic E-state index is 5.80. The molecule has 1 aromatic carbocycles. The highest BCUT2D eigenvalue weighted by atomic mass is 35.5. The molecule has 5 nitrogen and oxygen atoms in total. The summed E-state index contributed by atoms with van der Waals surface area (Å²) in [6.07, 6.45) is 0. The van der Waals surface area contributed by atoms with E-state index in [1.54, 1.807) is 31.2 Å².